The predicted octanol–water partition coefficient (Wildman–Crippen LogP) is 1.68. The highest BCUT2D eigenvalue weighted by atomic mass is 32.1. The van der Waals surface area contributed by atoms with E-state index in [1.54, 1.807) is 11.3 Å². The molecule has 0 unspecified atom stereocenters. The summed E-state index contributed by atoms with van der Waals surface area (Å²) in [5, 5.41) is 3.19. The fourth-order valence-corrected chi connectivity index (χ4v) is 3.15. The van der Waals surface area contributed by atoms with E-state index in [1.807, 2.05) is 17.8 Å². The molecule has 0 bridgehead atoms. The minimum absolute atomic E-state index is 0.951. The van der Waals surface area contributed by atoms with Crippen molar-refractivity contribution in [2.75, 3.05) is 31.1 Å². The number of imidazole rings is 1. The molecule has 5 nitrogen and oxygen atoms in total. The van der Waals surface area contributed by atoms with Gasteiger partial charge in [0.1, 0.15) is 5.82 Å². The van der Waals surface area contributed by atoms with Crippen molar-refractivity contribution < 1.29 is 0 Å². The lowest BCUT2D eigenvalue weighted by atomic mass is 10.3. The second-order valence-electron chi connectivity index (χ2n) is 4.71. The topological polar surface area (TPSA) is 37.2 Å². The summed E-state index contributed by atoms with van der Waals surface area (Å²) in [6.07, 6.45) is 5.83. The zero-order chi connectivity index (χ0) is 13.1. The molecular weight excluding hydrogens is 258 g/mol. The summed E-state index contributed by atoms with van der Waals surface area (Å²) in [5.41, 5.74) is 0. The summed E-state index contributed by atoms with van der Waals surface area (Å²) >= 11 is 1.72. The number of nitrogens with zero attached hydrogens (tertiary/aromatic N) is 5. The molecule has 2 aromatic rings. The number of rotatable bonds is 4. The predicted molar refractivity (Wildman–Crippen MR) is 77.5 cm³/mol. The molecule has 0 N–H and O–H groups in total. The van der Waals surface area contributed by atoms with Crippen molar-refractivity contribution in [2.24, 2.45) is 0 Å². The van der Waals surface area contributed by atoms with Crippen molar-refractivity contribution in [3.63, 3.8) is 0 Å². The van der Waals surface area contributed by atoms with Gasteiger partial charge in [0.2, 0.25) is 0 Å². The van der Waals surface area contributed by atoms with Gasteiger partial charge in [-0.2, -0.15) is 0 Å². The SMILES string of the molecule is CCn1ccnc1CN1CCN(c2nccs2)CC1. The second kappa shape index (κ2) is 5.71. The molecule has 6 heteroatoms. The fourth-order valence-electron chi connectivity index (χ4n) is 2.45. The lowest BCUT2D eigenvalue weighted by Crippen LogP contribution is -2.46. The second-order valence-corrected chi connectivity index (χ2v) is 5.58. The van der Waals surface area contributed by atoms with Crippen LogP contribution in [0, 0.1) is 0 Å². The zero-order valence-corrected chi connectivity index (χ0v) is 12.0. The largest absolute Gasteiger partial charge is 0.346 e. The molecule has 0 aliphatic carbocycles. The monoisotopic (exact) mass is 277 g/mol. The number of aromatic nitrogens is 3. The van der Waals surface area contributed by atoms with E-state index in [9.17, 15) is 0 Å². The van der Waals surface area contributed by atoms with E-state index in [4.69, 9.17) is 0 Å². The molecule has 0 radical (unpaired) electrons. The van der Waals surface area contributed by atoms with Gasteiger partial charge >= 0.3 is 0 Å². The Hall–Kier alpha value is -1.40. The minimum Gasteiger partial charge on any atom is -0.346 e. The van der Waals surface area contributed by atoms with E-state index >= 15 is 0 Å². The summed E-state index contributed by atoms with van der Waals surface area (Å²) in [7, 11) is 0. The molecule has 0 saturated carbocycles. The molecule has 1 saturated heterocycles. The molecule has 1 aliphatic heterocycles. The molecule has 3 rings (SSSR count). The Morgan fingerprint density at radius 3 is 2.68 bits per heavy atom. The van der Waals surface area contributed by atoms with Gasteiger partial charge in [-0.3, -0.25) is 4.90 Å². The highest BCUT2D eigenvalue weighted by molar-refractivity contribution is 7.13. The van der Waals surface area contributed by atoms with Crippen LogP contribution >= 0.6 is 11.3 Å². The van der Waals surface area contributed by atoms with Gasteiger partial charge in [0.25, 0.3) is 0 Å². The van der Waals surface area contributed by atoms with E-state index in [0.29, 0.717) is 0 Å². The van der Waals surface area contributed by atoms with Crippen LogP contribution in [0.3, 0.4) is 0 Å². The summed E-state index contributed by atoms with van der Waals surface area (Å²) in [5.74, 6) is 1.17. The Morgan fingerprint density at radius 1 is 1.16 bits per heavy atom. The molecule has 0 amide bonds. The Bertz CT molecular complexity index is 499. The third-order valence-electron chi connectivity index (χ3n) is 3.57. The maximum atomic E-state index is 4.45. The van der Waals surface area contributed by atoms with E-state index in [1.165, 1.54) is 5.82 Å². The molecule has 19 heavy (non-hydrogen) atoms. The van der Waals surface area contributed by atoms with E-state index in [-0.39, 0.29) is 0 Å². The van der Waals surface area contributed by atoms with E-state index < -0.39 is 0 Å². The van der Waals surface area contributed by atoms with Gasteiger partial charge in [0, 0.05) is 56.7 Å². The van der Waals surface area contributed by atoms with Crippen LogP contribution in [0.15, 0.2) is 24.0 Å². The average Bonchev–Trinajstić information content (AvgIpc) is 3.10. The van der Waals surface area contributed by atoms with E-state index in [0.717, 1.165) is 44.4 Å². The Labute approximate surface area is 117 Å². The van der Waals surface area contributed by atoms with Crippen molar-refractivity contribution in [1.82, 2.24) is 19.4 Å². The average molecular weight is 277 g/mol. The molecule has 102 valence electrons. The number of anilines is 1. The quantitative estimate of drug-likeness (QED) is 0.852. The number of piperazine rings is 1. The normalized spacial score (nSPS) is 17.0. The van der Waals surface area contributed by atoms with Crippen molar-refractivity contribution in [2.45, 2.75) is 20.0 Å². The Kier molecular flexibility index (Phi) is 3.79. The van der Waals surface area contributed by atoms with Crippen LogP contribution in [0.5, 0.6) is 0 Å². The highest BCUT2D eigenvalue weighted by Gasteiger charge is 2.19. The molecule has 0 spiro atoms. The maximum Gasteiger partial charge on any atom is 0.185 e. The fraction of sp³-hybridized carbons (Fsp3) is 0.538. The Morgan fingerprint density at radius 2 is 2.00 bits per heavy atom. The van der Waals surface area contributed by atoms with Gasteiger partial charge in [0.15, 0.2) is 5.13 Å². The van der Waals surface area contributed by atoms with Crippen LogP contribution in [0.25, 0.3) is 0 Å². The lowest BCUT2D eigenvalue weighted by molar-refractivity contribution is 0.241. The van der Waals surface area contributed by atoms with Crippen LogP contribution in [0.1, 0.15) is 12.7 Å². The summed E-state index contributed by atoms with van der Waals surface area (Å²) in [6.45, 7) is 8.37. The number of thiazole rings is 1. The van der Waals surface area contributed by atoms with E-state index in [2.05, 4.69) is 37.5 Å². The standard InChI is InChI=1S/C13H19N5S/c1-2-17-5-3-14-12(17)11-16-6-8-18(9-7-16)13-15-4-10-19-13/h3-5,10H,2,6-9,11H2,1H3. The molecule has 0 atom stereocenters. The Balaban J connectivity index is 1.56. The lowest BCUT2D eigenvalue weighted by Gasteiger charge is -2.34. The number of hydrogen-bond acceptors (Lipinski definition) is 5. The molecule has 0 aromatic carbocycles. The zero-order valence-electron chi connectivity index (χ0n) is 11.2. The first-order valence-corrected chi connectivity index (χ1v) is 7.61. The van der Waals surface area contributed by atoms with Gasteiger partial charge in [-0.15, -0.1) is 11.3 Å². The first kappa shape index (κ1) is 12.6. The van der Waals surface area contributed by atoms with Crippen molar-refractivity contribution in [3.05, 3.63) is 29.8 Å². The molecule has 3 heterocycles. The molecule has 1 fully saturated rings. The van der Waals surface area contributed by atoms with Gasteiger partial charge in [-0.1, -0.05) is 0 Å². The van der Waals surface area contributed by atoms with Crippen molar-refractivity contribution in [1.29, 1.82) is 0 Å². The van der Waals surface area contributed by atoms with Gasteiger partial charge in [0.05, 0.1) is 6.54 Å². The van der Waals surface area contributed by atoms with Crippen molar-refractivity contribution in [3.8, 4) is 0 Å². The number of hydrogen-bond donors (Lipinski definition) is 0. The van der Waals surface area contributed by atoms with Gasteiger partial charge < -0.3 is 9.47 Å². The minimum atomic E-state index is 0.951. The third-order valence-corrected chi connectivity index (χ3v) is 4.40. The third kappa shape index (κ3) is 2.79. The first-order chi connectivity index (χ1) is 9.36. The van der Waals surface area contributed by atoms with Crippen LogP contribution in [0.4, 0.5) is 5.13 Å². The van der Waals surface area contributed by atoms with Crippen LogP contribution in [-0.4, -0.2) is 45.6 Å². The summed E-state index contributed by atoms with van der Waals surface area (Å²) in [4.78, 5) is 13.7. The first-order valence-electron chi connectivity index (χ1n) is 6.73. The smallest absolute Gasteiger partial charge is 0.185 e. The number of aryl methyl sites for hydroxylation is 1. The molecule has 2 aromatic heterocycles. The van der Waals surface area contributed by atoms with Gasteiger partial charge in [-0.25, -0.2) is 9.97 Å². The summed E-state index contributed by atoms with van der Waals surface area (Å²) < 4.78 is 2.22. The summed E-state index contributed by atoms with van der Waals surface area (Å²) in [6, 6.07) is 0. The molecule has 1 aliphatic rings. The van der Waals surface area contributed by atoms with Gasteiger partial charge in [-0.05, 0) is 6.92 Å². The highest BCUT2D eigenvalue weighted by Crippen LogP contribution is 2.19. The molecular formula is C13H19N5S. The van der Waals surface area contributed by atoms with Crippen LogP contribution in [-0.2, 0) is 13.1 Å². The van der Waals surface area contributed by atoms with Crippen LogP contribution < -0.4 is 4.90 Å². The maximum absolute atomic E-state index is 4.45. The van der Waals surface area contributed by atoms with Crippen LogP contribution in [0.2, 0.25) is 0 Å². The van der Waals surface area contributed by atoms with Crippen molar-refractivity contribution >= 4 is 16.5 Å².